The Bertz CT molecular complexity index is 662. The van der Waals surface area contributed by atoms with E-state index in [1.165, 1.54) is 6.07 Å². The first-order chi connectivity index (χ1) is 9.99. The highest BCUT2D eigenvalue weighted by Gasteiger charge is 2.13. The van der Waals surface area contributed by atoms with Crippen LogP contribution in [0.3, 0.4) is 0 Å². The highest BCUT2D eigenvalue weighted by molar-refractivity contribution is 6.42. The molecule has 0 bridgehead atoms. The molecule has 1 N–H and O–H groups in total. The number of hydrogen-bond acceptors (Lipinski definition) is 3. The van der Waals surface area contributed by atoms with E-state index in [2.05, 4.69) is 5.32 Å². The number of nitrogens with one attached hydrogen (secondary N) is 1. The van der Waals surface area contributed by atoms with Gasteiger partial charge in [0.1, 0.15) is 0 Å². The Hall–Kier alpha value is -1.62. The molecule has 1 unspecified atom stereocenters. The van der Waals surface area contributed by atoms with Crippen LogP contribution in [0.5, 0.6) is 0 Å². The second-order valence-corrected chi connectivity index (χ2v) is 5.48. The number of nitrogens with zero attached hydrogens (tertiary/aromatic N) is 1. The van der Waals surface area contributed by atoms with Gasteiger partial charge in [-0.2, -0.15) is 0 Å². The van der Waals surface area contributed by atoms with Gasteiger partial charge < -0.3 is 5.32 Å². The van der Waals surface area contributed by atoms with Crippen LogP contribution in [-0.4, -0.2) is 4.92 Å². The fourth-order valence-corrected chi connectivity index (χ4v) is 2.31. The van der Waals surface area contributed by atoms with Gasteiger partial charge in [0, 0.05) is 24.2 Å². The molecule has 0 saturated carbocycles. The summed E-state index contributed by atoms with van der Waals surface area (Å²) in [7, 11) is 0. The van der Waals surface area contributed by atoms with Crippen molar-refractivity contribution in [2.75, 3.05) is 0 Å². The molecule has 0 aromatic heterocycles. The average Bonchev–Trinajstić information content (AvgIpc) is 2.47. The zero-order chi connectivity index (χ0) is 15.4. The molecule has 0 aliphatic rings. The summed E-state index contributed by atoms with van der Waals surface area (Å²) in [5, 5.41) is 15.2. The van der Waals surface area contributed by atoms with Crippen LogP contribution in [0.25, 0.3) is 0 Å². The molecule has 0 aliphatic heterocycles. The molecule has 2 aromatic rings. The number of halogens is 2. The van der Waals surface area contributed by atoms with Crippen LogP contribution in [0.1, 0.15) is 24.1 Å². The highest BCUT2D eigenvalue weighted by atomic mass is 35.5. The van der Waals surface area contributed by atoms with E-state index in [4.69, 9.17) is 23.2 Å². The minimum absolute atomic E-state index is 0.000392. The largest absolute Gasteiger partial charge is 0.306 e. The number of nitro groups is 1. The second-order valence-electron chi connectivity index (χ2n) is 4.66. The van der Waals surface area contributed by atoms with Crippen LogP contribution in [0.2, 0.25) is 10.0 Å². The molecule has 0 fully saturated rings. The zero-order valence-corrected chi connectivity index (χ0v) is 12.9. The second kappa shape index (κ2) is 6.89. The number of para-hydroxylation sites is 1. The molecular weight excluding hydrogens is 311 g/mol. The number of rotatable bonds is 5. The van der Waals surface area contributed by atoms with Gasteiger partial charge in [0.15, 0.2) is 0 Å². The molecule has 0 heterocycles. The lowest BCUT2D eigenvalue weighted by Crippen LogP contribution is -2.18. The maximum atomic E-state index is 11.0. The van der Waals surface area contributed by atoms with Crippen LogP contribution in [0.4, 0.5) is 5.69 Å². The predicted molar refractivity (Wildman–Crippen MR) is 84.8 cm³/mol. The topological polar surface area (TPSA) is 55.2 Å². The summed E-state index contributed by atoms with van der Waals surface area (Å²) in [5.74, 6) is 0. The normalized spacial score (nSPS) is 12.1. The van der Waals surface area contributed by atoms with E-state index in [9.17, 15) is 10.1 Å². The van der Waals surface area contributed by atoms with Gasteiger partial charge in [0.05, 0.1) is 15.0 Å². The van der Waals surface area contributed by atoms with E-state index in [1.54, 1.807) is 30.3 Å². The summed E-state index contributed by atoms with van der Waals surface area (Å²) < 4.78 is 0. The Morgan fingerprint density at radius 2 is 1.90 bits per heavy atom. The van der Waals surface area contributed by atoms with Crippen molar-refractivity contribution in [2.24, 2.45) is 0 Å². The van der Waals surface area contributed by atoms with Crippen LogP contribution < -0.4 is 5.32 Å². The van der Waals surface area contributed by atoms with Gasteiger partial charge in [-0.25, -0.2) is 0 Å². The lowest BCUT2D eigenvalue weighted by Gasteiger charge is -2.15. The first-order valence-corrected chi connectivity index (χ1v) is 7.15. The smallest absolute Gasteiger partial charge is 0.273 e. The molecule has 110 valence electrons. The van der Waals surface area contributed by atoms with Gasteiger partial charge >= 0.3 is 0 Å². The Morgan fingerprint density at radius 3 is 2.57 bits per heavy atom. The van der Waals surface area contributed by atoms with Gasteiger partial charge in [-0.3, -0.25) is 10.1 Å². The van der Waals surface area contributed by atoms with Crippen molar-refractivity contribution >= 4 is 28.9 Å². The first kappa shape index (κ1) is 15.8. The summed E-state index contributed by atoms with van der Waals surface area (Å²) >= 11 is 11.9. The van der Waals surface area contributed by atoms with Crippen molar-refractivity contribution in [1.29, 1.82) is 0 Å². The molecular formula is C15H14Cl2N2O2. The van der Waals surface area contributed by atoms with Crippen molar-refractivity contribution in [3.63, 3.8) is 0 Å². The third kappa shape index (κ3) is 3.94. The first-order valence-electron chi connectivity index (χ1n) is 6.39. The third-order valence-corrected chi connectivity index (χ3v) is 3.97. The van der Waals surface area contributed by atoms with Crippen molar-refractivity contribution in [1.82, 2.24) is 5.32 Å². The van der Waals surface area contributed by atoms with E-state index >= 15 is 0 Å². The summed E-state index contributed by atoms with van der Waals surface area (Å²) in [6.07, 6.45) is 0. The fourth-order valence-electron chi connectivity index (χ4n) is 2.00. The quantitative estimate of drug-likeness (QED) is 0.637. The molecule has 6 heteroatoms. The molecule has 2 aromatic carbocycles. The summed E-state index contributed by atoms with van der Waals surface area (Å²) in [6.45, 7) is 2.37. The molecule has 0 radical (unpaired) electrons. The average molecular weight is 325 g/mol. The van der Waals surface area contributed by atoms with Gasteiger partial charge in [-0.1, -0.05) is 47.5 Å². The molecule has 0 saturated heterocycles. The lowest BCUT2D eigenvalue weighted by atomic mass is 10.1. The molecule has 21 heavy (non-hydrogen) atoms. The van der Waals surface area contributed by atoms with Gasteiger partial charge in [-0.05, 0) is 24.6 Å². The summed E-state index contributed by atoms with van der Waals surface area (Å²) in [5.41, 5.74) is 1.74. The molecule has 2 rings (SSSR count). The summed E-state index contributed by atoms with van der Waals surface area (Å²) in [4.78, 5) is 10.6. The highest BCUT2D eigenvalue weighted by Crippen LogP contribution is 2.26. The van der Waals surface area contributed by atoms with E-state index in [0.29, 0.717) is 22.2 Å². The number of benzene rings is 2. The number of nitro benzene ring substituents is 1. The lowest BCUT2D eigenvalue weighted by molar-refractivity contribution is -0.385. The summed E-state index contributed by atoms with van der Waals surface area (Å²) in [6, 6.07) is 12.1. The van der Waals surface area contributed by atoms with Gasteiger partial charge in [0.25, 0.3) is 5.69 Å². The minimum Gasteiger partial charge on any atom is -0.306 e. The van der Waals surface area contributed by atoms with Crippen LogP contribution in [0.15, 0.2) is 42.5 Å². The molecule has 1 atom stereocenters. The number of hydrogen-bond donors (Lipinski definition) is 1. The van der Waals surface area contributed by atoms with Crippen LogP contribution in [0, 0.1) is 10.1 Å². The monoisotopic (exact) mass is 324 g/mol. The standard InChI is InChI=1S/C15H14Cl2N2O2/c1-10(11-6-7-13(16)14(17)8-11)18-9-12-4-2-3-5-15(12)19(20)21/h2-8,10,18H,9H2,1H3. The maximum Gasteiger partial charge on any atom is 0.273 e. The maximum absolute atomic E-state index is 11.0. The molecule has 0 spiro atoms. The van der Waals surface area contributed by atoms with E-state index < -0.39 is 0 Å². The van der Waals surface area contributed by atoms with E-state index in [1.807, 2.05) is 13.0 Å². The van der Waals surface area contributed by atoms with Crippen LogP contribution in [-0.2, 0) is 6.54 Å². The Balaban J connectivity index is 2.09. The van der Waals surface area contributed by atoms with Crippen molar-refractivity contribution in [3.05, 3.63) is 73.8 Å². The third-order valence-electron chi connectivity index (χ3n) is 3.23. The van der Waals surface area contributed by atoms with E-state index in [0.717, 1.165) is 5.56 Å². The fraction of sp³-hybridized carbons (Fsp3) is 0.200. The Labute approximate surface area is 132 Å². The van der Waals surface area contributed by atoms with E-state index in [-0.39, 0.29) is 16.7 Å². The molecule has 0 aliphatic carbocycles. The van der Waals surface area contributed by atoms with Crippen molar-refractivity contribution in [3.8, 4) is 0 Å². The molecule has 0 amide bonds. The van der Waals surface area contributed by atoms with Crippen molar-refractivity contribution in [2.45, 2.75) is 19.5 Å². The Morgan fingerprint density at radius 1 is 1.19 bits per heavy atom. The molecule has 4 nitrogen and oxygen atoms in total. The van der Waals surface area contributed by atoms with Crippen molar-refractivity contribution < 1.29 is 4.92 Å². The SMILES string of the molecule is CC(NCc1ccccc1[N+](=O)[O-])c1ccc(Cl)c(Cl)c1. The Kier molecular flexibility index (Phi) is 5.17. The van der Waals surface area contributed by atoms with Gasteiger partial charge in [-0.15, -0.1) is 0 Å². The zero-order valence-electron chi connectivity index (χ0n) is 11.3. The van der Waals surface area contributed by atoms with Crippen LogP contribution >= 0.6 is 23.2 Å². The minimum atomic E-state index is -0.374. The van der Waals surface area contributed by atoms with Gasteiger partial charge in [0.2, 0.25) is 0 Å². The predicted octanol–water partition coefficient (Wildman–Crippen LogP) is 4.75.